The quantitative estimate of drug-likeness (QED) is 0.465. The molecule has 2 fully saturated rings. The van der Waals surface area contributed by atoms with Crippen LogP contribution in [0.2, 0.25) is 0 Å². The van der Waals surface area contributed by atoms with E-state index < -0.39 is 23.2 Å². The van der Waals surface area contributed by atoms with Crippen LogP contribution in [0.15, 0.2) is 18.2 Å². The summed E-state index contributed by atoms with van der Waals surface area (Å²) in [6.07, 6.45) is 1.74. The summed E-state index contributed by atoms with van der Waals surface area (Å²) in [5.41, 5.74) is -0.395. The molecule has 0 saturated carbocycles. The van der Waals surface area contributed by atoms with Crippen LogP contribution >= 0.6 is 0 Å². The van der Waals surface area contributed by atoms with Gasteiger partial charge in [-0.1, -0.05) is 6.07 Å². The summed E-state index contributed by atoms with van der Waals surface area (Å²) in [4.78, 5) is 13.4. The monoisotopic (exact) mass is 362 g/mol. The van der Waals surface area contributed by atoms with Crippen LogP contribution in [0.25, 0.3) is 0 Å². The van der Waals surface area contributed by atoms with Crippen molar-refractivity contribution in [3.05, 3.63) is 28.3 Å². The molecule has 142 valence electrons. The lowest BCUT2D eigenvalue weighted by Crippen LogP contribution is -2.41. The van der Waals surface area contributed by atoms with Gasteiger partial charge in [-0.3, -0.25) is 10.1 Å². The Hall–Kier alpha value is -1.64. The molecule has 0 aliphatic carbocycles. The first-order chi connectivity index (χ1) is 12.1. The van der Waals surface area contributed by atoms with E-state index >= 15 is 0 Å². The molecule has 2 aliphatic rings. The third-order valence-corrected chi connectivity index (χ3v) is 5.66. The van der Waals surface area contributed by atoms with Crippen molar-refractivity contribution in [3.63, 3.8) is 0 Å². The molecule has 0 radical (unpaired) electrons. The molecule has 2 aliphatic heterocycles. The van der Waals surface area contributed by atoms with Crippen molar-refractivity contribution < 1.29 is 19.0 Å². The lowest BCUT2D eigenvalue weighted by molar-refractivity contribution is -0.386. The molecule has 2 saturated heterocycles. The Balaban J connectivity index is 1.80. The van der Waals surface area contributed by atoms with Crippen molar-refractivity contribution in [1.29, 1.82) is 0 Å². The maximum absolute atomic E-state index is 11.6. The number of hydrogen-bond donors (Lipinski definition) is 0. The Kier molecular flexibility index (Phi) is 5.03. The van der Waals surface area contributed by atoms with Gasteiger partial charge in [0.05, 0.1) is 16.1 Å². The topological polar surface area (TPSA) is 74.1 Å². The second kappa shape index (κ2) is 6.83. The standard InChI is InChI=1S/C18H27BN2O5/c1-17(2)18(3,4)26-19(25-17)13-6-7-16(15(12-13)21(22)23)24-14-8-10-20(5)11-9-14/h6-7,12,14H,8-11H2,1-5H3. The number of nitrogens with zero attached hydrogens (tertiary/aromatic N) is 2. The summed E-state index contributed by atoms with van der Waals surface area (Å²) < 4.78 is 17.9. The molecule has 0 bridgehead atoms. The molecule has 0 unspecified atom stereocenters. The number of benzene rings is 1. The van der Waals surface area contributed by atoms with Crippen LogP contribution in [-0.4, -0.2) is 54.4 Å². The number of hydrogen-bond acceptors (Lipinski definition) is 6. The van der Waals surface area contributed by atoms with E-state index in [2.05, 4.69) is 11.9 Å². The molecule has 0 amide bonds. The molecule has 7 nitrogen and oxygen atoms in total. The first-order valence-electron chi connectivity index (χ1n) is 9.08. The third kappa shape index (κ3) is 3.72. The van der Waals surface area contributed by atoms with Gasteiger partial charge < -0.3 is 18.9 Å². The van der Waals surface area contributed by atoms with Gasteiger partial charge in [-0.15, -0.1) is 0 Å². The van der Waals surface area contributed by atoms with E-state index in [1.165, 1.54) is 6.07 Å². The van der Waals surface area contributed by atoms with Gasteiger partial charge in [0.1, 0.15) is 6.10 Å². The highest BCUT2D eigenvalue weighted by Gasteiger charge is 2.52. The predicted molar refractivity (Wildman–Crippen MR) is 100.0 cm³/mol. The van der Waals surface area contributed by atoms with E-state index in [4.69, 9.17) is 14.0 Å². The largest absolute Gasteiger partial charge is 0.495 e. The molecule has 2 heterocycles. The van der Waals surface area contributed by atoms with Crippen molar-refractivity contribution in [3.8, 4) is 5.75 Å². The molecule has 26 heavy (non-hydrogen) atoms. The van der Waals surface area contributed by atoms with Crippen molar-refractivity contribution in [2.45, 2.75) is 57.8 Å². The second-order valence-corrected chi connectivity index (χ2v) is 8.19. The molecule has 0 aromatic heterocycles. The molecular weight excluding hydrogens is 335 g/mol. The van der Waals surface area contributed by atoms with E-state index in [0.717, 1.165) is 25.9 Å². The van der Waals surface area contributed by atoms with E-state index in [0.29, 0.717) is 11.2 Å². The Morgan fingerprint density at radius 1 is 1.19 bits per heavy atom. The van der Waals surface area contributed by atoms with Gasteiger partial charge in [0, 0.05) is 19.2 Å². The number of piperidine rings is 1. The number of nitro benzene ring substituents is 1. The fraction of sp³-hybridized carbons (Fsp3) is 0.667. The molecule has 0 N–H and O–H groups in total. The van der Waals surface area contributed by atoms with Gasteiger partial charge in [0.15, 0.2) is 5.75 Å². The normalized spacial score (nSPS) is 23.2. The zero-order valence-electron chi connectivity index (χ0n) is 16.2. The molecule has 8 heteroatoms. The summed E-state index contributed by atoms with van der Waals surface area (Å²) in [7, 11) is 1.44. The highest BCUT2D eigenvalue weighted by molar-refractivity contribution is 6.62. The van der Waals surface area contributed by atoms with Crippen LogP contribution < -0.4 is 10.2 Å². The van der Waals surface area contributed by atoms with Crippen molar-refractivity contribution in [2.75, 3.05) is 20.1 Å². The number of rotatable bonds is 4. The first kappa shape index (κ1) is 19.1. The van der Waals surface area contributed by atoms with Gasteiger partial charge in [0.25, 0.3) is 0 Å². The highest BCUT2D eigenvalue weighted by Crippen LogP contribution is 2.37. The number of ether oxygens (including phenoxy) is 1. The summed E-state index contributed by atoms with van der Waals surface area (Å²) in [6.45, 7) is 9.70. The van der Waals surface area contributed by atoms with Crippen LogP contribution in [0.5, 0.6) is 5.75 Å². The van der Waals surface area contributed by atoms with Crippen molar-refractivity contribution >= 4 is 18.3 Å². The van der Waals surface area contributed by atoms with Crippen LogP contribution in [0.3, 0.4) is 0 Å². The third-order valence-electron chi connectivity index (χ3n) is 5.66. The maximum atomic E-state index is 11.6. The molecule has 1 aromatic rings. The average molecular weight is 362 g/mol. The zero-order chi connectivity index (χ0) is 19.1. The fourth-order valence-corrected chi connectivity index (χ4v) is 3.18. The number of likely N-dealkylation sites (tertiary alicyclic amines) is 1. The first-order valence-corrected chi connectivity index (χ1v) is 9.08. The van der Waals surface area contributed by atoms with Gasteiger partial charge >= 0.3 is 12.8 Å². The minimum absolute atomic E-state index is 0.00703. The predicted octanol–water partition coefficient (Wildman–Crippen LogP) is 2.37. The molecular formula is C18H27BN2O5. The zero-order valence-corrected chi connectivity index (χ0v) is 16.2. The summed E-state index contributed by atoms with van der Waals surface area (Å²) in [5.74, 6) is 0.310. The van der Waals surface area contributed by atoms with Crippen molar-refractivity contribution in [2.24, 2.45) is 0 Å². The average Bonchev–Trinajstić information content (AvgIpc) is 2.77. The highest BCUT2D eigenvalue weighted by atomic mass is 16.7. The van der Waals surface area contributed by atoms with Gasteiger partial charge in [-0.05, 0) is 59.1 Å². The van der Waals surface area contributed by atoms with Crippen LogP contribution in [-0.2, 0) is 9.31 Å². The van der Waals surface area contributed by atoms with Crippen LogP contribution in [0.4, 0.5) is 5.69 Å². The minimum Gasteiger partial charge on any atom is -0.483 e. The summed E-state index contributed by atoms with van der Waals surface area (Å²) in [5, 5.41) is 11.6. The Morgan fingerprint density at radius 3 is 2.31 bits per heavy atom. The Labute approximate surface area is 154 Å². The molecule has 3 rings (SSSR count). The fourth-order valence-electron chi connectivity index (χ4n) is 3.18. The SMILES string of the molecule is CN1CCC(Oc2ccc(B3OC(C)(C)C(C)(C)O3)cc2[N+](=O)[O-])CC1. The van der Waals surface area contributed by atoms with Crippen LogP contribution in [0, 0.1) is 10.1 Å². The summed E-state index contributed by atoms with van der Waals surface area (Å²) in [6, 6.07) is 4.96. The molecule has 0 spiro atoms. The Morgan fingerprint density at radius 2 is 1.77 bits per heavy atom. The summed E-state index contributed by atoms with van der Waals surface area (Å²) >= 11 is 0. The van der Waals surface area contributed by atoms with E-state index in [-0.39, 0.29) is 11.8 Å². The van der Waals surface area contributed by atoms with E-state index in [9.17, 15) is 10.1 Å². The van der Waals surface area contributed by atoms with Crippen molar-refractivity contribution in [1.82, 2.24) is 4.90 Å². The van der Waals surface area contributed by atoms with E-state index in [1.807, 2.05) is 27.7 Å². The second-order valence-electron chi connectivity index (χ2n) is 8.19. The number of nitro groups is 1. The van der Waals surface area contributed by atoms with Gasteiger partial charge in [0.2, 0.25) is 0 Å². The van der Waals surface area contributed by atoms with E-state index in [1.54, 1.807) is 12.1 Å². The molecule has 0 atom stereocenters. The molecule has 1 aromatic carbocycles. The lowest BCUT2D eigenvalue weighted by Gasteiger charge is -2.32. The maximum Gasteiger partial charge on any atom is 0.495 e. The minimum atomic E-state index is -0.629. The smallest absolute Gasteiger partial charge is 0.483 e. The Bertz CT molecular complexity index is 670. The van der Waals surface area contributed by atoms with Gasteiger partial charge in [-0.25, -0.2) is 0 Å². The lowest BCUT2D eigenvalue weighted by atomic mass is 9.79. The van der Waals surface area contributed by atoms with Gasteiger partial charge in [-0.2, -0.15) is 0 Å². The van der Waals surface area contributed by atoms with Crippen LogP contribution in [0.1, 0.15) is 40.5 Å².